The second kappa shape index (κ2) is 5.33. The highest BCUT2D eigenvalue weighted by molar-refractivity contribution is 5.80. The SMILES string of the molecule is COC(=O)C1(N)CCCC(n2ccnc2C(C)C)C1. The maximum absolute atomic E-state index is 11.9. The number of rotatable bonds is 3. The summed E-state index contributed by atoms with van der Waals surface area (Å²) < 4.78 is 7.02. The summed E-state index contributed by atoms with van der Waals surface area (Å²) in [6, 6.07) is 0.234. The number of carbonyl (C=O) groups excluding carboxylic acids is 1. The number of carbonyl (C=O) groups is 1. The third kappa shape index (κ3) is 2.66. The monoisotopic (exact) mass is 265 g/mol. The first kappa shape index (κ1) is 14.1. The van der Waals surface area contributed by atoms with Crippen molar-refractivity contribution >= 4 is 5.97 Å². The number of nitrogens with zero attached hydrogens (tertiary/aromatic N) is 2. The largest absolute Gasteiger partial charge is 0.468 e. The van der Waals surface area contributed by atoms with E-state index in [0.29, 0.717) is 18.8 Å². The van der Waals surface area contributed by atoms with E-state index >= 15 is 0 Å². The lowest BCUT2D eigenvalue weighted by molar-refractivity contribution is -0.148. The van der Waals surface area contributed by atoms with Crippen molar-refractivity contribution in [2.75, 3.05) is 7.11 Å². The van der Waals surface area contributed by atoms with Gasteiger partial charge in [-0.15, -0.1) is 0 Å². The van der Waals surface area contributed by atoms with Crippen LogP contribution in [0.4, 0.5) is 0 Å². The van der Waals surface area contributed by atoms with Crippen molar-refractivity contribution in [3.05, 3.63) is 18.2 Å². The molecule has 1 fully saturated rings. The van der Waals surface area contributed by atoms with Gasteiger partial charge in [0, 0.05) is 24.4 Å². The van der Waals surface area contributed by atoms with Crippen molar-refractivity contribution in [1.29, 1.82) is 0 Å². The van der Waals surface area contributed by atoms with E-state index in [1.807, 2.05) is 12.4 Å². The molecule has 0 spiro atoms. The van der Waals surface area contributed by atoms with Crippen molar-refractivity contribution in [3.63, 3.8) is 0 Å². The van der Waals surface area contributed by atoms with Crippen LogP contribution in [0.25, 0.3) is 0 Å². The molecule has 0 aromatic carbocycles. The number of hydrogen-bond acceptors (Lipinski definition) is 4. The normalized spacial score (nSPS) is 27.5. The molecule has 5 heteroatoms. The summed E-state index contributed by atoms with van der Waals surface area (Å²) >= 11 is 0. The lowest BCUT2D eigenvalue weighted by Gasteiger charge is -2.36. The quantitative estimate of drug-likeness (QED) is 0.848. The van der Waals surface area contributed by atoms with Gasteiger partial charge in [-0.05, 0) is 25.7 Å². The third-order valence-electron chi connectivity index (χ3n) is 3.96. The van der Waals surface area contributed by atoms with Crippen LogP contribution in [0.1, 0.15) is 57.3 Å². The van der Waals surface area contributed by atoms with Crippen LogP contribution in [-0.2, 0) is 9.53 Å². The van der Waals surface area contributed by atoms with Crippen molar-refractivity contribution in [3.8, 4) is 0 Å². The third-order valence-corrected chi connectivity index (χ3v) is 3.96. The first-order valence-corrected chi connectivity index (χ1v) is 6.88. The molecule has 0 aliphatic heterocycles. The molecule has 2 unspecified atom stereocenters. The topological polar surface area (TPSA) is 70.1 Å². The van der Waals surface area contributed by atoms with Crippen molar-refractivity contribution in [1.82, 2.24) is 9.55 Å². The number of hydrogen-bond donors (Lipinski definition) is 1. The molecule has 2 N–H and O–H groups in total. The first-order chi connectivity index (χ1) is 8.98. The van der Waals surface area contributed by atoms with Crippen LogP contribution in [0.2, 0.25) is 0 Å². The van der Waals surface area contributed by atoms with E-state index in [0.717, 1.165) is 18.7 Å². The van der Waals surface area contributed by atoms with Crippen LogP contribution in [0.3, 0.4) is 0 Å². The van der Waals surface area contributed by atoms with Gasteiger partial charge in [-0.25, -0.2) is 4.98 Å². The Morgan fingerprint density at radius 2 is 2.37 bits per heavy atom. The van der Waals surface area contributed by atoms with Crippen LogP contribution in [0.15, 0.2) is 12.4 Å². The van der Waals surface area contributed by atoms with Crippen molar-refractivity contribution in [2.24, 2.45) is 5.73 Å². The predicted molar refractivity (Wildman–Crippen MR) is 72.8 cm³/mol. The molecule has 0 bridgehead atoms. The standard InChI is InChI=1S/C14H23N3O2/c1-10(2)12-16-7-8-17(12)11-5-4-6-14(15,9-11)13(18)19-3/h7-8,10-11H,4-6,9,15H2,1-3H3. The molecule has 19 heavy (non-hydrogen) atoms. The molecular weight excluding hydrogens is 242 g/mol. The first-order valence-electron chi connectivity index (χ1n) is 6.88. The Balaban J connectivity index is 2.22. The number of methoxy groups -OCH3 is 1. The molecule has 2 rings (SSSR count). The molecule has 1 aliphatic rings. The molecular formula is C14H23N3O2. The van der Waals surface area contributed by atoms with Crippen molar-refractivity contribution < 1.29 is 9.53 Å². The molecule has 1 aliphatic carbocycles. The summed E-state index contributed by atoms with van der Waals surface area (Å²) in [7, 11) is 1.40. The van der Waals surface area contributed by atoms with E-state index < -0.39 is 5.54 Å². The summed E-state index contributed by atoms with van der Waals surface area (Å²) in [5.41, 5.74) is 5.38. The van der Waals surface area contributed by atoms with Crippen LogP contribution in [0.5, 0.6) is 0 Å². The maximum atomic E-state index is 11.9. The summed E-state index contributed by atoms with van der Waals surface area (Å²) in [5, 5.41) is 0. The van der Waals surface area contributed by atoms with Gasteiger partial charge >= 0.3 is 5.97 Å². The zero-order valence-electron chi connectivity index (χ0n) is 11.9. The lowest BCUT2D eigenvalue weighted by Crippen LogP contribution is -2.52. The van der Waals surface area contributed by atoms with Gasteiger partial charge in [0.05, 0.1) is 7.11 Å². The highest BCUT2D eigenvalue weighted by Gasteiger charge is 2.41. The fourth-order valence-corrected chi connectivity index (χ4v) is 2.98. The van der Waals surface area contributed by atoms with Gasteiger partial charge in [-0.3, -0.25) is 4.79 Å². The fraction of sp³-hybridized carbons (Fsp3) is 0.714. The smallest absolute Gasteiger partial charge is 0.325 e. The van der Waals surface area contributed by atoms with E-state index in [9.17, 15) is 4.79 Å². The molecule has 1 aromatic heterocycles. The number of imidazole rings is 1. The molecule has 0 amide bonds. The number of nitrogens with two attached hydrogens (primary N) is 1. The van der Waals surface area contributed by atoms with Gasteiger partial charge in [0.1, 0.15) is 11.4 Å². The van der Waals surface area contributed by atoms with Gasteiger partial charge in [0.25, 0.3) is 0 Å². The molecule has 106 valence electrons. The summed E-state index contributed by atoms with van der Waals surface area (Å²) in [6.45, 7) is 4.25. The average Bonchev–Trinajstić information content (AvgIpc) is 2.87. The predicted octanol–water partition coefficient (Wildman–Crippen LogP) is 1.99. The minimum atomic E-state index is -0.851. The second-order valence-electron chi connectivity index (χ2n) is 5.75. The second-order valence-corrected chi connectivity index (χ2v) is 5.75. The van der Waals surface area contributed by atoms with E-state index in [2.05, 4.69) is 23.4 Å². The van der Waals surface area contributed by atoms with E-state index in [-0.39, 0.29) is 12.0 Å². The highest BCUT2D eigenvalue weighted by atomic mass is 16.5. The minimum Gasteiger partial charge on any atom is -0.468 e. The highest BCUT2D eigenvalue weighted by Crippen LogP contribution is 2.36. The van der Waals surface area contributed by atoms with Gasteiger partial charge in [-0.1, -0.05) is 13.8 Å². The molecule has 1 saturated carbocycles. The van der Waals surface area contributed by atoms with Crippen LogP contribution in [-0.4, -0.2) is 28.2 Å². The summed E-state index contributed by atoms with van der Waals surface area (Å²) in [5.74, 6) is 1.12. The Hall–Kier alpha value is -1.36. The Kier molecular flexibility index (Phi) is 3.94. The van der Waals surface area contributed by atoms with Gasteiger partial charge in [0.2, 0.25) is 0 Å². The van der Waals surface area contributed by atoms with Crippen LogP contribution < -0.4 is 5.73 Å². The van der Waals surface area contributed by atoms with Crippen LogP contribution in [0, 0.1) is 0 Å². The Bertz CT molecular complexity index is 455. The zero-order chi connectivity index (χ0) is 14.0. The van der Waals surface area contributed by atoms with Crippen LogP contribution >= 0.6 is 0 Å². The Labute approximate surface area is 114 Å². The zero-order valence-corrected chi connectivity index (χ0v) is 11.9. The van der Waals surface area contributed by atoms with Gasteiger partial charge in [-0.2, -0.15) is 0 Å². The van der Waals surface area contributed by atoms with E-state index in [4.69, 9.17) is 10.5 Å². The molecule has 5 nitrogen and oxygen atoms in total. The molecule has 1 aromatic rings. The Morgan fingerprint density at radius 1 is 1.63 bits per heavy atom. The van der Waals surface area contributed by atoms with E-state index in [1.54, 1.807) is 0 Å². The van der Waals surface area contributed by atoms with Crippen molar-refractivity contribution in [2.45, 2.75) is 57.0 Å². The fourth-order valence-electron chi connectivity index (χ4n) is 2.98. The molecule has 0 saturated heterocycles. The lowest BCUT2D eigenvalue weighted by atomic mass is 9.79. The van der Waals surface area contributed by atoms with Gasteiger partial charge < -0.3 is 15.0 Å². The van der Waals surface area contributed by atoms with E-state index in [1.165, 1.54) is 7.11 Å². The molecule has 0 radical (unpaired) electrons. The summed E-state index contributed by atoms with van der Waals surface area (Å²) in [6.07, 6.45) is 7.10. The maximum Gasteiger partial charge on any atom is 0.325 e. The molecule has 2 atom stereocenters. The number of aromatic nitrogens is 2. The minimum absolute atomic E-state index is 0.234. The average molecular weight is 265 g/mol. The van der Waals surface area contributed by atoms with Gasteiger partial charge in [0.15, 0.2) is 0 Å². The number of ether oxygens (including phenoxy) is 1. The Morgan fingerprint density at radius 3 is 3.00 bits per heavy atom. The number of esters is 1. The summed E-state index contributed by atoms with van der Waals surface area (Å²) in [4.78, 5) is 16.3. The molecule has 1 heterocycles.